The van der Waals surface area contributed by atoms with E-state index < -0.39 is 18.5 Å². The number of esters is 2. The van der Waals surface area contributed by atoms with Crippen LogP contribution in [0.2, 0.25) is 0 Å². The van der Waals surface area contributed by atoms with Crippen molar-refractivity contribution in [2.75, 3.05) is 13.7 Å². The van der Waals surface area contributed by atoms with E-state index >= 15 is 0 Å². The number of hydrogen-bond donors (Lipinski definition) is 0. The van der Waals surface area contributed by atoms with Gasteiger partial charge in [0.1, 0.15) is 0 Å². The van der Waals surface area contributed by atoms with Crippen LogP contribution in [0.4, 0.5) is 0 Å². The fourth-order valence-electron chi connectivity index (χ4n) is 3.52. The highest BCUT2D eigenvalue weighted by molar-refractivity contribution is 6.07. The first-order valence-electron chi connectivity index (χ1n) is 9.09. The molecule has 1 aliphatic carbocycles. The van der Waals surface area contributed by atoms with Crippen LogP contribution in [0.1, 0.15) is 33.6 Å². The van der Waals surface area contributed by atoms with Crippen LogP contribution in [0.3, 0.4) is 0 Å². The van der Waals surface area contributed by atoms with Gasteiger partial charge < -0.3 is 9.47 Å². The fraction of sp³-hybridized carbons (Fsp3) is 0.174. The van der Waals surface area contributed by atoms with Gasteiger partial charge >= 0.3 is 11.9 Å². The Morgan fingerprint density at radius 1 is 1.04 bits per heavy atom. The Kier molecular flexibility index (Phi) is 4.89. The van der Waals surface area contributed by atoms with Gasteiger partial charge in [0.05, 0.1) is 23.9 Å². The van der Waals surface area contributed by atoms with E-state index in [4.69, 9.17) is 9.72 Å². The number of para-hydroxylation sites is 1. The summed E-state index contributed by atoms with van der Waals surface area (Å²) < 4.78 is 9.77. The molecule has 1 heterocycles. The van der Waals surface area contributed by atoms with Gasteiger partial charge in [-0.1, -0.05) is 48.5 Å². The number of nitrogens with zero attached hydrogens (tertiary/aromatic N) is 1. The van der Waals surface area contributed by atoms with Gasteiger partial charge in [0, 0.05) is 5.39 Å². The van der Waals surface area contributed by atoms with Crippen LogP contribution in [0.25, 0.3) is 22.6 Å². The Morgan fingerprint density at radius 3 is 2.57 bits per heavy atom. The Labute approximate surface area is 162 Å². The quantitative estimate of drug-likeness (QED) is 0.646. The molecule has 0 saturated carbocycles. The minimum Gasteiger partial charge on any atom is -0.466 e. The third-order valence-corrected chi connectivity index (χ3v) is 4.84. The molecule has 0 bridgehead atoms. The lowest BCUT2D eigenvalue weighted by Gasteiger charge is -2.12. The average molecular weight is 373 g/mol. The van der Waals surface area contributed by atoms with Crippen molar-refractivity contribution in [1.82, 2.24) is 4.98 Å². The van der Waals surface area contributed by atoms with Gasteiger partial charge in [0.25, 0.3) is 0 Å². The highest BCUT2D eigenvalue weighted by Crippen LogP contribution is 2.37. The van der Waals surface area contributed by atoms with Crippen molar-refractivity contribution in [2.45, 2.75) is 12.8 Å². The molecule has 5 nitrogen and oxygen atoms in total. The van der Waals surface area contributed by atoms with Crippen molar-refractivity contribution in [3.05, 3.63) is 77.0 Å². The SMILES string of the molecule is COC(=O)COC(=O)c1c2c(nc3ccccc13)/C(=C/c1ccccc1)CC2. The van der Waals surface area contributed by atoms with Gasteiger partial charge in [-0.2, -0.15) is 0 Å². The molecule has 140 valence electrons. The standard InChI is InChI=1S/C23H19NO4/c1-27-20(25)14-28-23(26)21-17-9-5-6-10-19(17)24-22-16(11-12-18(21)22)13-15-7-3-2-4-8-15/h2-10,13H,11-12,14H2,1H3/b16-13+. The highest BCUT2D eigenvalue weighted by atomic mass is 16.6. The second-order valence-corrected chi connectivity index (χ2v) is 6.56. The molecule has 2 aromatic carbocycles. The Morgan fingerprint density at radius 2 is 1.79 bits per heavy atom. The van der Waals surface area contributed by atoms with Crippen molar-refractivity contribution in [3.63, 3.8) is 0 Å². The molecule has 0 amide bonds. The second-order valence-electron chi connectivity index (χ2n) is 6.56. The Bertz CT molecular complexity index is 1090. The number of aromatic nitrogens is 1. The maximum absolute atomic E-state index is 12.8. The summed E-state index contributed by atoms with van der Waals surface area (Å²) in [6.45, 7) is -0.409. The lowest BCUT2D eigenvalue weighted by Crippen LogP contribution is -2.17. The number of ether oxygens (including phenoxy) is 2. The van der Waals surface area contributed by atoms with Crippen molar-refractivity contribution in [2.24, 2.45) is 0 Å². The highest BCUT2D eigenvalue weighted by Gasteiger charge is 2.27. The molecule has 0 radical (unpaired) electrons. The van der Waals surface area contributed by atoms with Crippen LogP contribution in [0.5, 0.6) is 0 Å². The number of carbonyl (C=O) groups excluding carboxylic acids is 2. The van der Waals surface area contributed by atoms with Gasteiger partial charge in [0.2, 0.25) is 0 Å². The molecule has 0 fully saturated rings. The summed E-state index contributed by atoms with van der Waals surface area (Å²) in [7, 11) is 1.26. The molecule has 0 spiro atoms. The van der Waals surface area contributed by atoms with Gasteiger partial charge in [-0.05, 0) is 41.7 Å². The topological polar surface area (TPSA) is 65.5 Å². The van der Waals surface area contributed by atoms with Crippen LogP contribution in [-0.2, 0) is 20.7 Å². The number of carbonyl (C=O) groups is 2. The number of pyridine rings is 1. The number of hydrogen-bond acceptors (Lipinski definition) is 5. The maximum Gasteiger partial charge on any atom is 0.344 e. The maximum atomic E-state index is 12.8. The number of rotatable bonds is 4. The van der Waals surface area contributed by atoms with Crippen LogP contribution < -0.4 is 0 Å². The van der Waals surface area contributed by atoms with Crippen LogP contribution in [0.15, 0.2) is 54.6 Å². The fourth-order valence-corrected chi connectivity index (χ4v) is 3.52. The molecule has 0 N–H and O–H groups in total. The molecule has 28 heavy (non-hydrogen) atoms. The first-order chi connectivity index (χ1) is 13.7. The summed E-state index contributed by atoms with van der Waals surface area (Å²) in [5.41, 5.74) is 5.10. The molecule has 4 rings (SSSR count). The summed E-state index contributed by atoms with van der Waals surface area (Å²) in [6, 6.07) is 17.5. The van der Waals surface area contributed by atoms with E-state index in [1.807, 2.05) is 54.6 Å². The number of allylic oxidation sites excluding steroid dienone is 1. The molecule has 0 aliphatic heterocycles. The molecule has 5 heteroatoms. The van der Waals surface area contributed by atoms with Gasteiger partial charge in [-0.3, -0.25) is 0 Å². The molecular weight excluding hydrogens is 354 g/mol. The third kappa shape index (κ3) is 3.39. The summed E-state index contributed by atoms with van der Waals surface area (Å²) in [5.74, 6) is -1.12. The molecule has 0 atom stereocenters. The van der Waals surface area contributed by atoms with Crippen LogP contribution in [0, 0.1) is 0 Å². The van der Waals surface area contributed by atoms with Gasteiger partial charge in [-0.25, -0.2) is 14.6 Å². The van der Waals surface area contributed by atoms with Gasteiger partial charge in [-0.15, -0.1) is 0 Å². The molecule has 0 unspecified atom stereocenters. The normalized spacial score (nSPS) is 14.1. The minimum atomic E-state index is -0.590. The van der Waals surface area contributed by atoms with E-state index in [1.54, 1.807) is 0 Å². The van der Waals surface area contributed by atoms with E-state index in [9.17, 15) is 9.59 Å². The van der Waals surface area contributed by atoms with Crippen LogP contribution in [-0.4, -0.2) is 30.6 Å². The summed E-state index contributed by atoms with van der Waals surface area (Å²) >= 11 is 0. The number of methoxy groups -OCH3 is 1. The van der Waals surface area contributed by atoms with Crippen molar-refractivity contribution < 1.29 is 19.1 Å². The largest absolute Gasteiger partial charge is 0.466 e. The predicted octanol–water partition coefficient (Wildman–Crippen LogP) is 4.05. The zero-order valence-corrected chi connectivity index (χ0v) is 15.5. The van der Waals surface area contributed by atoms with E-state index in [2.05, 4.69) is 10.8 Å². The zero-order valence-electron chi connectivity index (χ0n) is 15.5. The summed E-state index contributed by atoms with van der Waals surface area (Å²) in [5, 5.41) is 0.733. The molecule has 3 aromatic rings. The van der Waals surface area contributed by atoms with Crippen molar-refractivity contribution >= 4 is 34.5 Å². The van der Waals surface area contributed by atoms with E-state index in [0.717, 1.165) is 39.7 Å². The first-order valence-corrected chi connectivity index (χ1v) is 9.09. The Balaban J connectivity index is 1.81. The third-order valence-electron chi connectivity index (χ3n) is 4.84. The Hall–Kier alpha value is -3.47. The molecule has 0 saturated heterocycles. The van der Waals surface area contributed by atoms with Crippen LogP contribution >= 0.6 is 0 Å². The smallest absolute Gasteiger partial charge is 0.344 e. The van der Waals surface area contributed by atoms with Crippen molar-refractivity contribution in [3.8, 4) is 0 Å². The second kappa shape index (κ2) is 7.64. The van der Waals surface area contributed by atoms with Gasteiger partial charge in [0.15, 0.2) is 6.61 Å². The molecule has 1 aliphatic rings. The molecule has 1 aromatic heterocycles. The minimum absolute atomic E-state index is 0.409. The number of benzene rings is 2. The zero-order chi connectivity index (χ0) is 19.5. The predicted molar refractivity (Wildman–Crippen MR) is 107 cm³/mol. The number of fused-ring (bicyclic) bond motifs is 2. The monoisotopic (exact) mass is 373 g/mol. The summed E-state index contributed by atoms with van der Waals surface area (Å²) in [6.07, 6.45) is 3.61. The van der Waals surface area contributed by atoms with E-state index in [1.165, 1.54) is 7.11 Å². The lowest BCUT2D eigenvalue weighted by atomic mass is 10.0. The average Bonchev–Trinajstić information content (AvgIpc) is 3.12. The van der Waals surface area contributed by atoms with E-state index in [0.29, 0.717) is 12.0 Å². The van der Waals surface area contributed by atoms with E-state index in [-0.39, 0.29) is 0 Å². The first kappa shape index (κ1) is 17.9. The summed E-state index contributed by atoms with van der Waals surface area (Å²) in [4.78, 5) is 29.0. The molecular formula is C23H19NO4. The van der Waals surface area contributed by atoms with Crippen molar-refractivity contribution in [1.29, 1.82) is 0 Å². The lowest BCUT2D eigenvalue weighted by molar-refractivity contribution is -0.144.